The Morgan fingerprint density at radius 1 is 1.06 bits per heavy atom. The van der Waals surface area contributed by atoms with Crippen molar-refractivity contribution in [3.8, 4) is 0 Å². The van der Waals surface area contributed by atoms with Gasteiger partial charge in [0, 0.05) is 24.5 Å². The van der Waals surface area contributed by atoms with Crippen LogP contribution in [0.3, 0.4) is 0 Å². The van der Waals surface area contributed by atoms with Gasteiger partial charge >= 0.3 is 11.9 Å². The number of carbonyl (C=O) groups is 3. The molecule has 7 N–H and O–H groups in total. The molecule has 172 valence electrons. The van der Waals surface area contributed by atoms with E-state index in [1.807, 2.05) is 6.92 Å². The number of carboxylic acids is 2. The van der Waals surface area contributed by atoms with Crippen molar-refractivity contribution in [2.45, 2.75) is 38.6 Å². The highest BCUT2D eigenvalue weighted by atomic mass is 16.4. The van der Waals surface area contributed by atoms with E-state index < -0.39 is 23.9 Å². The largest absolute Gasteiger partial charge is 0.481 e. The minimum Gasteiger partial charge on any atom is -0.481 e. The van der Waals surface area contributed by atoms with Gasteiger partial charge < -0.3 is 27.0 Å². The lowest BCUT2D eigenvalue weighted by Gasteiger charge is -2.13. The molecule has 33 heavy (non-hydrogen) atoms. The van der Waals surface area contributed by atoms with E-state index >= 15 is 0 Å². The van der Waals surface area contributed by atoms with Gasteiger partial charge in [0.15, 0.2) is 5.65 Å². The first-order valence-corrected chi connectivity index (χ1v) is 10.0. The minimum atomic E-state index is -1.30. The van der Waals surface area contributed by atoms with E-state index in [2.05, 4.69) is 25.3 Å². The van der Waals surface area contributed by atoms with Gasteiger partial charge in [-0.2, -0.15) is 9.97 Å². The maximum Gasteiger partial charge on any atom is 0.326 e. The molecule has 0 radical (unpaired) electrons. The summed E-state index contributed by atoms with van der Waals surface area (Å²) in [4.78, 5) is 50.9. The van der Waals surface area contributed by atoms with Gasteiger partial charge in [-0.1, -0.05) is 0 Å². The van der Waals surface area contributed by atoms with Gasteiger partial charge in [-0.15, -0.1) is 0 Å². The quantitative estimate of drug-likeness (QED) is 0.305. The molecule has 0 aromatic carbocycles. The third kappa shape index (κ3) is 5.67. The number of rotatable bonds is 9. The van der Waals surface area contributed by atoms with Crippen LogP contribution in [-0.4, -0.2) is 54.0 Å². The molecule has 12 nitrogen and oxygen atoms in total. The Bertz CT molecular complexity index is 1210. The molecule has 12 heteroatoms. The molecule has 0 fully saturated rings. The van der Waals surface area contributed by atoms with Crippen LogP contribution in [0, 0.1) is 6.92 Å². The number of anilines is 2. The molecule has 0 saturated heterocycles. The number of aliphatic carboxylic acids is 2. The van der Waals surface area contributed by atoms with E-state index in [0.29, 0.717) is 29.6 Å². The van der Waals surface area contributed by atoms with Crippen LogP contribution in [-0.2, 0) is 22.4 Å². The zero-order chi connectivity index (χ0) is 24.1. The van der Waals surface area contributed by atoms with Crippen LogP contribution in [0.2, 0.25) is 0 Å². The summed E-state index contributed by atoms with van der Waals surface area (Å²) in [5, 5.41) is 20.9. The summed E-state index contributed by atoms with van der Waals surface area (Å²) in [7, 11) is 0. The fraction of sp³-hybridized carbons (Fsp3) is 0.286. The van der Waals surface area contributed by atoms with E-state index in [9.17, 15) is 19.5 Å². The number of pyridine rings is 2. The summed E-state index contributed by atoms with van der Waals surface area (Å²) < 4.78 is 0. The molecule has 3 aromatic heterocycles. The number of carboxylic acid groups (broad SMARTS) is 2. The van der Waals surface area contributed by atoms with Gasteiger partial charge in [0.25, 0.3) is 5.91 Å². The van der Waals surface area contributed by atoms with Gasteiger partial charge in [0.1, 0.15) is 11.9 Å². The van der Waals surface area contributed by atoms with E-state index in [4.69, 9.17) is 16.6 Å². The molecule has 3 rings (SSSR count). The summed E-state index contributed by atoms with van der Waals surface area (Å²) in [6.45, 7) is 1.90. The number of nitrogens with zero attached hydrogens (tertiary/aromatic N) is 4. The number of nitrogens with one attached hydrogen (secondary N) is 1. The summed E-state index contributed by atoms with van der Waals surface area (Å²) in [5.74, 6) is -2.76. The molecular weight excluding hydrogens is 430 g/mol. The molecule has 3 aromatic rings. The minimum absolute atomic E-state index is 0.0598. The third-order valence-electron chi connectivity index (χ3n) is 5.12. The highest BCUT2D eigenvalue weighted by molar-refractivity contribution is 5.96. The molecule has 0 saturated carbocycles. The van der Waals surface area contributed by atoms with Crippen molar-refractivity contribution in [2.24, 2.45) is 0 Å². The van der Waals surface area contributed by atoms with Crippen LogP contribution in [0.4, 0.5) is 11.8 Å². The van der Waals surface area contributed by atoms with Crippen molar-refractivity contribution in [3.63, 3.8) is 0 Å². The topological polar surface area (TPSA) is 207 Å². The standard InChI is InChI=1S/C21H23N7O5/c1-10-11(8-25-18-16(10)17(22)27-21(23)28-18)2-4-13-5-3-12(9-24-13)19(31)26-14(20(32)33)6-7-15(29)30/h3,5,8-9,14H,2,4,6-7H2,1H3,(H,26,31)(H,29,30)(H,32,33)(H4,22,23,25,27,28)/t14-/m0/s1. The van der Waals surface area contributed by atoms with Gasteiger partial charge in [0.2, 0.25) is 5.95 Å². The maximum absolute atomic E-state index is 12.3. The van der Waals surface area contributed by atoms with Gasteiger partial charge in [-0.3, -0.25) is 14.6 Å². The van der Waals surface area contributed by atoms with Crippen LogP contribution in [0.25, 0.3) is 11.0 Å². The van der Waals surface area contributed by atoms with E-state index in [-0.39, 0.29) is 30.2 Å². The first kappa shape index (κ1) is 23.3. The SMILES string of the molecule is Cc1c(CCc2ccc(C(=O)N[C@@H](CCC(=O)O)C(=O)O)cn2)cnc2nc(N)nc(N)c12. The molecule has 0 aliphatic rings. The van der Waals surface area contributed by atoms with Gasteiger partial charge in [-0.25, -0.2) is 9.78 Å². The smallest absolute Gasteiger partial charge is 0.326 e. The first-order chi connectivity index (χ1) is 15.7. The van der Waals surface area contributed by atoms with E-state index in [1.54, 1.807) is 12.3 Å². The predicted molar refractivity (Wildman–Crippen MR) is 118 cm³/mol. The molecule has 0 aliphatic carbocycles. The second kappa shape index (κ2) is 9.85. The fourth-order valence-corrected chi connectivity index (χ4v) is 3.32. The Morgan fingerprint density at radius 2 is 1.82 bits per heavy atom. The Kier molecular flexibility index (Phi) is 6.96. The first-order valence-electron chi connectivity index (χ1n) is 10.0. The number of aryl methyl sites for hydroxylation is 3. The van der Waals surface area contributed by atoms with Crippen molar-refractivity contribution in [2.75, 3.05) is 11.5 Å². The zero-order valence-corrected chi connectivity index (χ0v) is 17.8. The summed E-state index contributed by atoms with van der Waals surface area (Å²) >= 11 is 0. The molecule has 0 unspecified atom stereocenters. The fourth-order valence-electron chi connectivity index (χ4n) is 3.32. The summed E-state index contributed by atoms with van der Waals surface area (Å²) in [6.07, 6.45) is 3.62. The number of fused-ring (bicyclic) bond motifs is 1. The van der Waals surface area contributed by atoms with Crippen LogP contribution in [0.1, 0.15) is 40.0 Å². The van der Waals surface area contributed by atoms with Crippen molar-refractivity contribution in [1.82, 2.24) is 25.3 Å². The molecule has 0 spiro atoms. The van der Waals surface area contributed by atoms with Crippen LogP contribution < -0.4 is 16.8 Å². The number of nitrogens with two attached hydrogens (primary N) is 2. The lowest BCUT2D eigenvalue weighted by atomic mass is 10.0. The third-order valence-corrected chi connectivity index (χ3v) is 5.12. The second-order valence-electron chi connectivity index (χ2n) is 7.41. The average molecular weight is 453 g/mol. The molecular formula is C21H23N7O5. The molecule has 0 aliphatic heterocycles. The average Bonchev–Trinajstić information content (AvgIpc) is 2.75. The lowest BCUT2D eigenvalue weighted by molar-refractivity contribution is -0.140. The molecule has 3 heterocycles. The predicted octanol–water partition coefficient (Wildman–Crippen LogP) is 0.726. The number of carbonyl (C=O) groups excluding carboxylic acids is 1. The molecule has 1 amide bonds. The van der Waals surface area contributed by atoms with Gasteiger partial charge in [0.05, 0.1) is 10.9 Å². The number of hydrogen-bond acceptors (Lipinski definition) is 9. The Morgan fingerprint density at radius 3 is 2.45 bits per heavy atom. The monoisotopic (exact) mass is 453 g/mol. The normalized spacial score (nSPS) is 11.8. The number of nitrogen functional groups attached to an aromatic ring is 2. The van der Waals surface area contributed by atoms with Crippen molar-refractivity contribution >= 4 is 40.6 Å². The number of hydrogen-bond donors (Lipinski definition) is 5. The van der Waals surface area contributed by atoms with E-state index in [0.717, 1.165) is 11.1 Å². The van der Waals surface area contributed by atoms with Crippen molar-refractivity contribution in [3.05, 3.63) is 46.9 Å². The summed E-state index contributed by atoms with van der Waals surface area (Å²) in [5.41, 5.74) is 14.7. The Labute approximate surface area is 188 Å². The van der Waals surface area contributed by atoms with E-state index in [1.165, 1.54) is 12.3 Å². The highest BCUT2D eigenvalue weighted by Gasteiger charge is 2.21. The van der Waals surface area contributed by atoms with Crippen molar-refractivity contribution in [1.29, 1.82) is 0 Å². The summed E-state index contributed by atoms with van der Waals surface area (Å²) in [6, 6.07) is 1.90. The maximum atomic E-state index is 12.3. The van der Waals surface area contributed by atoms with Crippen LogP contribution in [0.5, 0.6) is 0 Å². The van der Waals surface area contributed by atoms with Gasteiger partial charge in [-0.05, 0) is 49.4 Å². The zero-order valence-electron chi connectivity index (χ0n) is 17.8. The van der Waals surface area contributed by atoms with Crippen LogP contribution >= 0.6 is 0 Å². The molecule has 0 bridgehead atoms. The Balaban J connectivity index is 1.66. The lowest BCUT2D eigenvalue weighted by Crippen LogP contribution is -2.41. The second-order valence-corrected chi connectivity index (χ2v) is 7.41. The highest BCUT2D eigenvalue weighted by Crippen LogP contribution is 2.24. The number of amides is 1. The van der Waals surface area contributed by atoms with Crippen molar-refractivity contribution < 1.29 is 24.6 Å². The van der Waals surface area contributed by atoms with Crippen LogP contribution in [0.15, 0.2) is 24.5 Å². The molecule has 1 atom stereocenters. The Hall–Kier alpha value is -4.35. The number of aromatic nitrogens is 4.